The lowest BCUT2D eigenvalue weighted by Crippen LogP contribution is -2.31. The van der Waals surface area contributed by atoms with Crippen LogP contribution in [-0.2, 0) is 20.7 Å². The van der Waals surface area contributed by atoms with Gasteiger partial charge in [-0.2, -0.15) is 0 Å². The number of hydrogen-bond donors (Lipinski definition) is 1. The summed E-state index contributed by atoms with van der Waals surface area (Å²) in [6.45, 7) is 0. The molecule has 0 aliphatic carbocycles. The van der Waals surface area contributed by atoms with Crippen molar-refractivity contribution in [2.45, 2.75) is 18.9 Å². The summed E-state index contributed by atoms with van der Waals surface area (Å²) in [7, 11) is 1.34. The molecule has 1 aromatic heterocycles. The molecule has 0 saturated carbocycles. The van der Waals surface area contributed by atoms with Crippen molar-refractivity contribution in [2.24, 2.45) is 0 Å². The molecule has 4 nitrogen and oxygen atoms in total. The van der Waals surface area contributed by atoms with E-state index in [1.165, 1.54) is 18.4 Å². The van der Waals surface area contributed by atoms with E-state index in [1.807, 2.05) is 41.8 Å². The smallest absolute Gasteiger partial charge is 0.307 e. The SMILES string of the molecule is COC(=O)C[C@@H](NC(=O)Cc1cccs1)c1ccc(Br)cc1. The van der Waals surface area contributed by atoms with E-state index in [9.17, 15) is 9.59 Å². The van der Waals surface area contributed by atoms with E-state index in [0.29, 0.717) is 6.42 Å². The monoisotopic (exact) mass is 381 g/mol. The van der Waals surface area contributed by atoms with Gasteiger partial charge in [-0.1, -0.05) is 34.1 Å². The molecule has 2 rings (SSSR count). The molecule has 1 amide bonds. The molecule has 1 N–H and O–H groups in total. The Morgan fingerprint density at radius 2 is 2.00 bits per heavy atom. The Balaban J connectivity index is 2.08. The molecule has 0 unspecified atom stereocenters. The molecule has 0 aliphatic heterocycles. The maximum Gasteiger partial charge on any atom is 0.307 e. The van der Waals surface area contributed by atoms with Gasteiger partial charge in [0.25, 0.3) is 0 Å². The molecule has 0 aliphatic rings. The number of nitrogens with one attached hydrogen (secondary N) is 1. The third-order valence-electron chi connectivity index (χ3n) is 3.12. The summed E-state index contributed by atoms with van der Waals surface area (Å²) in [6.07, 6.45) is 0.417. The predicted octanol–water partition coefficient (Wildman–Crippen LogP) is 3.47. The number of ether oxygens (including phenoxy) is 1. The maximum atomic E-state index is 12.2. The van der Waals surface area contributed by atoms with Crippen LogP contribution in [-0.4, -0.2) is 19.0 Å². The molecule has 1 aromatic carbocycles. The fourth-order valence-corrected chi connectivity index (χ4v) is 2.98. The second-order valence-electron chi connectivity index (χ2n) is 4.71. The molecule has 1 heterocycles. The van der Waals surface area contributed by atoms with Gasteiger partial charge < -0.3 is 10.1 Å². The molecule has 22 heavy (non-hydrogen) atoms. The minimum absolute atomic E-state index is 0.105. The van der Waals surface area contributed by atoms with Crippen LogP contribution >= 0.6 is 27.3 Å². The van der Waals surface area contributed by atoms with Gasteiger partial charge in [0.2, 0.25) is 5.91 Å². The summed E-state index contributed by atoms with van der Waals surface area (Å²) in [4.78, 5) is 24.7. The molecule has 0 fully saturated rings. The van der Waals surface area contributed by atoms with Gasteiger partial charge in [-0.05, 0) is 29.1 Å². The first-order chi connectivity index (χ1) is 10.6. The third kappa shape index (κ3) is 4.96. The van der Waals surface area contributed by atoms with Gasteiger partial charge in [0.15, 0.2) is 0 Å². The molecule has 2 aromatic rings. The van der Waals surface area contributed by atoms with Crippen molar-refractivity contribution in [3.8, 4) is 0 Å². The Bertz CT molecular complexity index is 625. The zero-order valence-electron chi connectivity index (χ0n) is 12.0. The van der Waals surface area contributed by atoms with Crippen molar-refractivity contribution < 1.29 is 14.3 Å². The summed E-state index contributed by atoms with van der Waals surface area (Å²) in [5, 5.41) is 4.84. The highest BCUT2D eigenvalue weighted by molar-refractivity contribution is 9.10. The van der Waals surface area contributed by atoms with Crippen LogP contribution < -0.4 is 5.32 Å². The molecule has 1 atom stereocenters. The number of methoxy groups -OCH3 is 1. The van der Waals surface area contributed by atoms with Crippen molar-refractivity contribution >= 4 is 39.1 Å². The highest BCUT2D eigenvalue weighted by Gasteiger charge is 2.19. The number of halogens is 1. The van der Waals surface area contributed by atoms with Gasteiger partial charge in [0.1, 0.15) is 0 Å². The van der Waals surface area contributed by atoms with Crippen LogP contribution in [0.15, 0.2) is 46.3 Å². The van der Waals surface area contributed by atoms with E-state index in [-0.39, 0.29) is 18.3 Å². The lowest BCUT2D eigenvalue weighted by molar-refractivity contribution is -0.141. The van der Waals surface area contributed by atoms with E-state index in [4.69, 9.17) is 4.74 Å². The minimum Gasteiger partial charge on any atom is -0.469 e. The molecule has 0 radical (unpaired) electrons. The number of amides is 1. The predicted molar refractivity (Wildman–Crippen MR) is 89.7 cm³/mol. The Kier molecular flexibility index (Phi) is 6.15. The maximum absolute atomic E-state index is 12.2. The highest BCUT2D eigenvalue weighted by atomic mass is 79.9. The third-order valence-corrected chi connectivity index (χ3v) is 4.53. The lowest BCUT2D eigenvalue weighted by atomic mass is 10.0. The summed E-state index contributed by atoms with van der Waals surface area (Å²) >= 11 is 4.91. The molecule has 0 saturated heterocycles. The fraction of sp³-hybridized carbons (Fsp3) is 0.250. The van der Waals surface area contributed by atoms with Crippen LogP contribution in [0.5, 0.6) is 0 Å². The Labute approximate surface area is 141 Å². The molecular formula is C16H16BrNO3S. The molecule has 0 spiro atoms. The lowest BCUT2D eigenvalue weighted by Gasteiger charge is -2.18. The molecule has 116 valence electrons. The summed E-state index contributed by atoms with van der Waals surface area (Å²) in [5.74, 6) is -0.469. The van der Waals surface area contributed by atoms with Crippen LogP contribution in [0.1, 0.15) is 22.9 Å². The molecular weight excluding hydrogens is 366 g/mol. The van der Waals surface area contributed by atoms with E-state index in [0.717, 1.165) is 14.9 Å². The van der Waals surface area contributed by atoms with Crippen molar-refractivity contribution in [2.75, 3.05) is 7.11 Å². The van der Waals surface area contributed by atoms with Gasteiger partial charge >= 0.3 is 5.97 Å². The quantitative estimate of drug-likeness (QED) is 0.779. The van der Waals surface area contributed by atoms with Crippen LogP contribution in [0.4, 0.5) is 0 Å². The molecule has 6 heteroatoms. The second-order valence-corrected chi connectivity index (χ2v) is 6.66. The van der Waals surface area contributed by atoms with E-state index in [2.05, 4.69) is 21.2 Å². The number of rotatable bonds is 6. The fourth-order valence-electron chi connectivity index (χ4n) is 2.01. The van der Waals surface area contributed by atoms with Crippen molar-refractivity contribution in [3.63, 3.8) is 0 Å². The zero-order chi connectivity index (χ0) is 15.9. The van der Waals surface area contributed by atoms with E-state index in [1.54, 1.807) is 0 Å². The van der Waals surface area contributed by atoms with Gasteiger partial charge in [-0.3, -0.25) is 9.59 Å². The van der Waals surface area contributed by atoms with Gasteiger partial charge in [0, 0.05) is 9.35 Å². The van der Waals surface area contributed by atoms with Crippen LogP contribution in [0.3, 0.4) is 0 Å². The average Bonchev–Trinajstić information content (AvgIpc) is 3.00. The minimum atomic E-state index is -0.395. The normalized spacial score (nSPS) is 11.7. The van der Waals surface area contributed by atoms with Gasteiger partial charge in [-0.25, -0.2) is 0 Å². The zero-order valence-corrected chi connectivity index (χ0v) is 14.4. The Morgan fingerprint density at radius 1 is 1.27 bits per heavy atom. The second kappa shape index (κ2) is 8.10. The Hall–Kier alpha value is -1.66. The first kappa shape index (κ1) is 16.7. The standard InChI is InChI=1S/C16H16BrNO3S/c1-21-16(20)10-14(11-4-6-12(17)7-5-11)18-15(19)9-13-3-2-8-22-13/h2-8,14H,9-10H2,1H3,(H,18,19)/t14-/m1/s1. The molecule has 0 bridgehead atoms. The Morgan fingerprint density at radius 3 is 2.59 bits per heavy atom. The summed E-state index contributed by atoms with van der Waals surface area (Å²) < 4.78 is 5.66. The number of esters is 1. The van der Waals surface area contributed by atoms with Crippen LogP contribution in [0.2, 0.25) is 0 Å². The van der Waals surface area contributed by atoms with Crippen LogP contribution in [0, 0.1) is 0 Å². The van der Waals surface area contributed by atoms with Gasteiger partial charge in [0.05, 0.1) is 26.0 Å². The largest absolute Gasteiger partial charge is 0.469 e. The highest BCUT2D eigenvalue weighted by Crippen LogP contribution is 2.21. The van der Waals surface area contributed by atoms with E-state index < -0.39 is 6.04 Å². The number of thiophene rings is 1. The topological polar surface area (TPSA) is 55.4 Å². The first-order valence-electron chi connectivity index (χ1n) is 6.72. The van der Waals surface area contributed by atoms with Crippen molar-refractivity contribution in [3.05, 3.63) is 56.7 Å². The van der Waals surface area contributed by atoms with Crippen molar-refractivity contribution in [1.29, 1.82) is 0 Å². The van der Waals surface area contributed by atoms with E-state index >= 15 is 0 Å². The number of carbonyl (C=O) groups excluding carboxylic acids is 2. The number of carbonyl (C=O) groups is 2. The number of benzene rings is 1. The summed E-state index contributed by atoms with van der Waals surface area (Å²) in [5.41, 5.74) is 0.869. The van der Waals surface area contributed by atoms with Crippen LogP contribution in [0.25, 0.3) is 0 Å². The van der Waals surface area contributed by atoms with Crippen molar-refractivity contribution in [1.82, 2.24) is 5.32 Å². The first-order valence-corrected chi connectivity index (χ1v) is 8.40. The average molecular weight is 382 g/mol. The van der Waals surface area contributed by atoms with Gasteiger partial charge in [-0.15, -0.1) is 11.3 Å². The summed E-state index contributed by atoms with van der Waals surface area (Å²) in [6, 6.07) is 10.9. The number of hydrogen-bond acceptors (Lipinski definition) is 4.